The number of hydrogen-bond donors (Lipinski definition) is 0. The molecule has 0 N–H and O–H groups in total. The highest BCUT2D eigenvalue weighted by Gasteiger charge is 2.43. The molecule has 0 aromatic carbocycles. The van der Waals surface area contributed by atoms with Gasteiger partial charge in [0.05, 0.1) is 0 Å². The van der Waals surface area contributed by atoms with Crippen LogP contribution in [0.4, 0.5) is 0 Å². The van der Waals surface area contributed by atoms with E-state index in [1.165, 1.54) is 0 Å². The summed E-state index contributed by atoms with van der Waals surface area (Å²) in [4.78, 5) is 11.0. The van der Waals surface area contributed by atoms with Gasteiger partial charge in [0.15, 0.2) is 5.78 Å². The predicted molar refractivity (Wildman–Crippen MR) is 46.9 cm³/mol. The molecule has 1 aliphatic rings. The summed E-state index contributed by atoms with van der Waals surface area (Å²) in [6, 6.07) is 0. The summed E-state index contributed by atoms with van der Waals surface area (Å²) in [6.45, 7) is 5.79. The van der Waals surface area contributed by atoms with E-state index in [-0.39, 0.29) is 11.2 Å². The molecule has 0 aromatic rings. The largest absolute Gasteiger partial charge is 0.297 e. The van der Waals surface area contributed by atoms with Crippen LogP contribution in [0.25, 0.3) is 0 Å². The second-order valence-corrected chi connectivity index (χ2v) is 5.10. The van der Waals surface area contributed by atoms with Gasteiger partial charge in [-0.1, -0.05) is 20.3 Å². The van der Waals surface area contributed by atoms with Gasteiger partial charge < -0.3 is 0 Å². The Hall–Kier alpha value is -0.0400. The van der Waals surface area contributed by atoms with Crippen molar-refractivity contribution < 1.29 is 4.79 Å². The highest BCUT2D eigenvalue weighted by molar-refractivity contribution is 6.35. The summed E-state index contributed by atoms with van der Waals surface area (Å²) in [7, 11) is 0. The average Bonchev–Trinajstić information content (AvgIpc) is 1.82. The smallest absolute Gasteiger partial charge is 0.159 e. The molecule has 11 heavy (non-hydrogen) atoms. The van der Waals surface area contributed by atoms with E-state index in [0.29, 0.717) is 0 Å². The Morgan fingerprint density at radius 1 is 1.27 bits per heavy atom. The number of carbonyl (C=O) groups excluding carboxylic acids is 1. The molecule has 0 aliphatic heterocycles. The van der Waals surface area contributed by atoms with Gasteiger partial charge >= 0.3 is 0 Å². The minimum absolute atomic E-state index is 0.200. The predicted octanol–water partition coefficient (Wildman–Crippen LogP) is 2.76. The number of Topliss-reactive ketones (excluding diaryl/α,β-unsaturated/α-hetero) is 1. The highest BCUT2D eigenvalue weighted by atomic mass is 35.5. The summed E-state index contributed by atoms with van der Waals surface area (Å²) in [6.07, 6.45) is 2.88. The lowest BCUT2D eigenvalue weighted by atomic mass is 9.71. The summed E-state index contributed by atoms with van der Waals surface area (Å²) < 4.78 is 0. The molecule has 0 spiro atoms. The summed E-state index contributed by atoms with van der Waals surface area (Å²) in [5.41, 5.74) is -0.200. The fourth-order valence-corrected chi connectivity index (χ4v) is 2.18. The van der Waals surface area contributed by atoms with E-state index in [2.05, 4.69) is 0 Å². The van der Waals surface area contributed by atoms with Crippen molar-refractivity contribution in [1.29, 1.82) is 0 Å². The number of hydrogen-bond acceptors (Lipinski definition) is 1. The molecule has 0 saturated heterocycles. The Bertz CT molecular complexity index is 164. The van der Waals surface area contributed by atoms with Crippen LogP contribution in [0.2, 0.25) is 0 Å². The molecule has 0 heterocycles. The molecule has 1 fully saturated rings. The number of alkyl halides is 1. The standard InChI is InChI=1S/C9H15ClO/c1-8(2)5-4-6-9(3,10)7(8)11/h4-6H2,1-3H3. The van der Waals surface area contributed by atoms with Crippen molar-refractivity contribution in [2.45, 2.75) is 44.9 Å². The third-order valence-electron chi connectivity index (χ3n) is 2.54. The summed E-state index contributed by atoms with van der Waals surface area (Å²) in [5.74, 6) is 0.206. The Morgan fingerprint density at radius 2 is 1.82 bits per heavy atom. The van der Waals surface area contributed by atoms with Crippen molar-refractivity contribution in [2.75, 3.05) is 0 Å². The third-order valence-corrected chi connectivity index (χ3v) is 2.90. The van der Waals surface area contributed by atoms with Gasteiger partial charge in [-0.05, 0) is 19.8 Å². The van der Waals surface area contributed by atoms with E-state index in [1.807, 2.05) is 20.8 Å². The van der Waals surface area contributed by atoms with Crippen LogP contribution in [-0.2, 0) is 4.79 Å². The second kappa shape index (κ2) is 2.48. The molecule has 0 bridgehead atoms. The van der Waals surface area contributed by atoms with Crippen molar-refractivity contribution in [3.05, 3.63) is 0 Å². The van der Waals surface area contributed by atoms with Crippen LogP contribution < -0.4 is 0 Å². The molecule has 1 rings (SSSR count). The SMILES string of the molecule is CC1(C)CCCC(C)(Cl)C1=O. The topological polar surface area (TPSA) is 17.1 Å². The van der Waals surface area contributed by atoms with Crippen LogP contribution in [0, 0.1) is 5.41 Å². The molecular formula is C9H15ClO. The van der Waals surface area contributed by atoms with Gasteiger partial charge in [-0.3, -0.25) is 4.79 Å². The third kappa shape index (κ3) is 1.58. The first kappa shape index (κ1) is 9.05. The molecule has 1 aliphatic carbocycles. The van der Waals surface area contributed by atoms with Gasteiger partial charge in [-0.25, -0.2) is 0 Å². The van der Waals surface area contributed by atoms with Crippen LogP contribution in [0.3, 0.4) is 0 Å². The summed E-state index contributed by atoms with van der Waals surface area (Å²) >= 11 is 6.06. The van der Waals surface area contributed by atoms with E-state index in [9.17, 15) is 4.79 Å². The van der Waals surface area contributed by atoms with Gasteiger partial charge in [-0.15, -0.1) is 11.6 Å². The molecule has 1 nitrogen and oxygen atoms in total. The minimum Gasteiger partial charge on any atom is -0.297 e. The maximum Gasteiger partial charge on any atom is 0.159 e. The monoisotopic (exact) mass is 174 g/mol. The summed E-state index contributed by atoms with van der Waals surface area (Å²) in [5, 5.41) is 0. The quantitative estimate of drug-likeness (QED) is 0.517. The number of ketones is 1. The van der Waals surface area contributed by atoms with Crippen LogP contribution in [0.15, 0.2) is 0 Å². The van der Waals surface area contributed by atoms with Gasteiger partial charge in [0, 0.05) is 5.41 Å². The molecule has 64 valence electrons. The second-order valence-electron chi connectivity index (χ2n) is 4.26. The fraction of sp³-hybridized carbons (Fsp3) is 0.889. The lowest BCUT2D eigenvalue weighted by molar-refractivity contribution is -0.132. The van der Waals surface area contributed by atoms with Crippen molar-refractivity contribution in [3.8, 4) is 0 Å². The van der Waals surface area contributed by atoms with Gasteiger partial charge in [-0.2, -0.15) is 0 Å². The fourth-order valence-electron chi connectivity index (χ4n) is 1.79. The van der Waals surface area contributed by atoms with E-state index in [1.54, 1.807) is 0 Å². The Morgan fingerprint density at radius 3 is 2.18 bits per heavy atom. The Labute approximate surface area is 73.1 Å². The van der Waals surface area contributed by atoms with E-state index >= 15 is 0 Å². The lowest BCUT2D eigenvalue weighted by Crippen LogP contribution is -2.43. The van der Waals surface area contributed by atoms with Crippen molar-refractivity contribution >= 4 is 17.4 Å². The molecule has 1 atom stereocenters. The Kier molecular flexibility index (Phi) is 2.04. The van der Waals surface area contributed by atoms with Crippen LogP contribution in [0.5, 0.6) is 0 Å². The average molecular weight is 175 g/mol. The van der Waals surface area contributed by atoms with Gasteiger partial charge in [0.2, 0.25) is 0 Å². The zero-order valence-electron chi connectivity index (χ0n) is 7.41. The van der Waals surface area contributed by atoms with Crippen molar-refractivity contribution in [3.63, 3.8) is 0 Å². The minimum atomic E-state index is -0.595. The Balaban J connectivity index is 2.85. The molecule has 2 heteroatoms. The van der Waals surface area contributed by atoms with E-state index < -0.39 is 4.87 Å². The number of carbonyl (C=O) groups is 1. The van der Waals surface area contributed by atoms with Gasteiger partial charge in [0.1, 0.15) is 4.87 Å². The molecular weight excluding hydrogens is 160 g/mol. The first-order valence-corrected chi connectivity index (χ1v) is 4.48. The first-order chi connectivity index (χ1) is 4.86. The maximum absolute atomic E-state index is 11.6. The normalized spacial score (nSPS) is 37.3. The lowest BCUT2D eigenvalue weighted by Gasteiger charge is -2.36. The molecule has 0 amide bonds. The highest BCUT2D eigenvalue weighted by Crippen LogP contribution is 2.40. The maximum atomic E-state index is 11.6. The van der Waals surface area contributed by atoms with Crippen LogP contribution in [-0.4, -0.2) is 10.7 Å². The molecule has 0 radical (unpaired) electrons. The number of halogens is 1. The van der Waals surface area contributed by atoms with E-state index in [0.717, 1.165) is 19.3 Å². The molecule has 1 unspecified atom stereocenters. The van der Waals surface area contributed by atoms with Gasteiger partial charge in [0.25, 0.3) is 0 Å². The first-order valence-electron chi connectivity index (χ1n) is 4.10. The van der Waals surface area contributed by atoms with Crippen molar-refractivity contribution in [1.82, 2.24) is 0 Å². The van der Waals surface area contributed by atoms with Crippen LogP contribution >= 0.6 is 11.6 Å². The molecule has 1 saturated carbocycles. The van der Waals surface area contributed by atoms with Crippen LogP contribution in [0.1, 0.15) is 40.0 Å². The van der Waals surface area contributed by atoms with Crippen molar-refractivity contribution in [2.24, 2.45) is 5.41 Å². The zero-order chi connectivity index (χ0) is 8.70. The zero-order valence-corrected chi connectivity index (χ0v) is 8.16. The van der Waals surface area contributed by atoms with E-state index in [4.69, 9.17) is 11.6 Å². The molecule has 0 aromatic heterocycles. The number of rotatable bonds is 0.